The first-order chi connectivity index (χ1) is 19.4. The molecule has 4 rings (SSSR count). The van der Waals surface area contributed by atoms with Gasteiger partial charge in [0.15, 0.2) is 10.6 Å². The monoisotopic (exact) mass is 586 g/mol. The van der Waals surface area contributed by atoms with Gasteiger partial charge in [0.2, 0.25) is 11.8 Å². The van der Waals surface area contributed by atoms with Crippen molar-refractivity contribution in [1.29, 1.82) is 0 Å². The van der Waals surface area contributed by atoms with Crippen LogP contribution in [-0.4, -0.2) is 44.2 Å². The predicted octanol–water partition coefficient (Wildman–Crippen LogP) is 5.07. The molecular formula is C28H34N4O6S2. The lowest BCUT2D eigenvalue weighted by Gasteiger charge is -2.36. The molecule has 3 atom stereocenters. The number of anilines is 1. The molecule has 0 saturated carbocycles. The van der Waals surface area contributed by atoms with Crippen molar-refractivity contribution < 1.29 is 29.4 Å². The third kappa shape index (κ3) is 9.08. The molecule has 1 aliphatic rings. The van der Waals surface area contributed by atoms with Gasteiger partial charge in [0.05, 0.1) is 18.8 Å². The lowest BCUT2D eigenvalue weighted by atomic mass is 10.0. The summed E-state index contributed by atoms with van der Waals surface area (Å²) in [6.45, 7) is 1.91. The van der Waals surface area contributed by atoms with E-state index in [9.17, 15) is 14.7 Å². The minimum Gasteiger partial charge on any atom is -0.392 e. The number of ether oxygens (including phenoxy) is 2. The Bertz CT molecular complexity index is 1260. The Morgan fingerprint density at radius 2 is 1.80 bits per heavy atom. The molecule has 1 aliphatic heterocycles. The van der Waals surface area contributed by atoms with Gasteiger partial charge in [-0.25, -0.2) is 5.48 Å². The van der Waals surface area contributed by atoms with Crippen LogP contribution in [0.25, 0.3) is 0 Å². The number of aliphatic hydroxyl groups excluding tert-OH is 1. The third-order valence-electron chi connectivity index (χ3n) is 6.39. The third-order valence-corrected chi connectivity index (χ3v) is 8.49. The molecule has 0 radical (unpaired) electrons. The van der Waals surface area contributed by atoms with Crippen molar-refractivity contribution in [2.24, 2.45) is 0 Å². The molecule has 1 aromatic heterocycles. The summed E-state index contributed by atoms with van der Waals surface area (Å²) in [7, 11) is 0. The molecule has 0 bridgehead atoms. The van der Waals surface area contributed by atoms with Gasteiger partial charge in [-0.3, -0.25) is 14.8 Å². The first-order valence-corrected chi connectivity index (χ1v) is 15.0. The summed E-state index contributed by atoms with van der Waals surface area (Å²) in [5, 5.41) is 30.1. The van der Waals surface area contributed by atoms with E-state index in [0.717, 1.165) is 26.0 Å². The number of hydrogen-bond acceptors (Lipinski definition) is 10. The molecule has 10 nitrogen and oxygen atoms in total. The van der Waals surface area contributed by atoms with Crippen molar-refractivity contribution in [1.82, 2.24) is 15.7 Å². The van der Waals surface area contributed by atoms with Gasteiger partial charge < -0.3 is 19.9 Å². The van der Waals surface area contributed by atoms with Crippen LogP contribution in [0.5, 0.6) is 0 Å². The second-order valence-electron chi connectivity index (χ2n) is 9.52. The number of hydrogen-bond donors (Lipinski definition) is 4. The van der Waals surface area contributed by atoms with Crippen molar-refractivity contribution >= 4 is 40.6 Å². The molecule has 3 aromatic rings. The second-order valence-corrected chi connectivity index (χ2v) is 12.0. The van der Waals surface area contributed by atoms with Crippen LogP contribution in [0.3, 0.4) is 0 Å². The number of nitrogens with one attached hydrogen (secondary N) is 2. The zero-order valence-corrected chi connectivity index (χ0v) is 23.9. The minimum atomic E-state index is -0.632. The van der Waals surface area contributed by atoms with E-state index in [0.29, 0.717) is 43.5 Å². The van der Waals surface area contributed by atoms with Crippen molar-refractivity contribution in [3.05, 3.63) is 70.2 Å². The highest BCUT2D eigenvalue weighted by atomic mass is 32.2. The number of carbonyl (C=O) groups excluding carboxylic acids is 2. The van der Waals surface area contributed by atoms with Gasteiger partial charge in [-0.05, 0) is 43.0 Å². The number of rotatable bonds is 13. The molecule has 0 aliphatic carbocycles. The summed E-state index contributed by atoms with van der Waals surface area (Å²) in [6.07, 6.45) is 2.23. The molecule has 12 heteroatoms. The van der Waals surface area contributed by atoms with Crippen LogP contribution in [0, 0.1) is 6.92 Å². The Kier molecular flexibility index (Phi) is 11.5. The maximum absolute atomic E-state index is 12.5. The fourth-order valence-electron chi connectivity index (χ4n) is 4.31. The van der Waals surface area contributed by atoms with Crippen LogP contribution in [-0.2, 0) is 25.7 Å². The van der Waals surface area contributed by atoms with Crippen LogP contribution < -0.4 is 10.8 Å². The molecule has 40 heavy (non-hydrogen) atoms. The van der Waals surface area contributed by atoms with Crippen LogP contribution in [0.4, 0.5) is 5.69 Å². The SMILES string of the molecule is Cc1nnc(SC[C@H]2C[C@@H](c3ccc(CO)cc3)O[C@@H](c3cccc(NC(=O)CCCCCC(=O)NO)c3)O2)s1. The van der Waals surface area contributed by atoms with Gasteiger partial charge in [0.1, 0.15) is 5.01 Å². The van der Waals surface area contributed by atoms with Gasteiger partial charge in [-0.2, -0.15) is 0 Å². The average Bonchev–Trinajstić information content (AvgIpc) is 3.40. The van der Waals surface area contributed by atoms with E-state index in [1.54, 1.807) is 28.6 Å². The van der Waals surface area contributed by atoms with Gasteiger partial charge in [0.25, 0.3) is 0 Å². The summed E-state index contributed by atoms with van der Waals surface area (Å²) in [5.41, 5.74) is 4.91. The second kappa shape index (κ2) is 15.2. The molecule has 214 valence electrons. The fraction of sp³-hybridized carbons (Fsp3) is 0.429. The van der Waals surface area contributed by atoms with Gasteiger partial charge >= 0.3 is 0 Å². The maximum atomic E-state index is 12.5. The number of carbonyl (C=O) groups is 2. The summed E-state index contributed by atoms with van der Waals surface area (Å²) >= 11 is 3.17. The summed E-state index contributed by atoms with van der Waals surface area (Å²) in [6, 6.07) is 15.2. The zero-order chi connectivity index (χ0) is 28.3. The number of thioether (sulfide) groups is 1. The highest BCUT2D eigenvalue weighted by molar-refractivity contribution is 8.01. The van der Waals surface area contributed by atoms with Gasteiger partial charge in [0, 0.05) is 36.3 Å². The quantitative estimate of drug-likeness (QED) is 0.0934. The molecule has 4 N–H and O–H groups in total. The minimum absolute atomic E-state index is 0.0164. The highest BCUT2D eigenvalue weighted by Crippen LogP contribution is 2.40. The fourth-order valence-corrected chi connectivity index (χ4v) is 6.17. The van der Waals surface area contributed by atoms with Gasteiger partial charge in [-0.1, -0.05) is 65.9 Å². The van der Waals surface area contributed by atoms with Crippen molar-refractivity contribution in [3.63, 3.8) is 0 Å². The van der Waals surface area contributed by atoms with Crippen LogP contribution in [0.1, 0.15) is 72.6 Å². The molecule has 0 unspecified atom stereocenters. The number of hydroxylamine groups is 1. The topological polar surface area (TPSA) is 143 Å². The van der Waals surface area contributed by atoms with E-state index in [2.05, 4.69) is 15.5 Å². The zero-order valence-electron chi connectivity index (χ0n) is 22.2. The van der Waals surface area contributed by atoms with Crippen molar-refractivity contribution in [3.8, 4) is 0 Å². The van der Waals surface area contributed by atoms with Crippen LogP contribution in [0.2, 0.25) is 0 Å². The van der Waals surface area contributed by atoms with E-state index in [1.807, 2.05) is 55.5 Å². The van der Waals surface area contributed by atoms with Gasteiger partial charge in [-0.15, -0.1) is 10.2 Å². The molecule has 2 aromatic carbocycles. The first-order valence-electron chi connectivity index (χ1n) is 13.2. The Labute approximate surface area is 241 Å². The molecule has 2 heterocycles. The number of aromatic nitrogens is 2. The predicted molar refractivity (Wildman–Crippen MR) is 152 cm³/mol. The number of aliphatic hydroxyl groups is 1. The molecular weight excluding hydrogens is 552 g/mol. The number of amides is 2. The van der Waals surface area contributed by atoms with Crippen molar-refractivity contribution in [2.45, 2.75) is 74.9 Å². The summed E-state index contributed by atoms with van der Waals surface area (Å²) < 4.78 is 13.7. The van der Waals surface area contributed by atoms with E-state index >= 15 is 0 Å². The number of unbranched alkanes of at least 4 members (excludes halogenated alkanes) is 2. The Balaban J connectivity index is 1.40. The van der Waals surface area contributed by atoms with E-state index in [4.69, 9.17) is 14.7 Å². The lowest BCUT2D eigenvalue weighted by molar-refractivity contribution is -0.245. The first kappa shape index (κ1) is 30.1. The number of aryl methyl sites for hydroxylation is 1. The van der Waals surface area contributed by atoms with E-state index in [-0.39, 0.29) is 31.1 Å². The number of benzene rings is 2. The van der Waals surface area contributed by atoms with Crippen molar-refractivity contribution in [2.75, 3.05) is 11.1 Å². The Morgan fingerprint density at radius 1 is 1.02 bits per heavy atom. The summed E-state index contributed by atoms with van der Waals surface area (Å²) in [4.78, 5) is 23.6. The van der Waals surface area contributed by atoms with E-state index in [1.165, 1.54) is 0 Å². The lowest BCUT2D eigenvalue weighted by Crippen LogP contribution is -2.31. The number of nitrogens with zero attached hydrogens (tertiary/aromatic N) is 2. The smallest absolute Gasteiger partial charge is 0.243 e. The normalized spacial score (nSPS) is 18.8. The largest absolute Gasteiger partial charge is 0.392 e. The maximum Gasteiger partial charge on any atom is 0.243 e. The molecule has 1 fully saturated rings. The molecule has 2 amide bonds. The Morgan fingerprint density at radius 3 is 2.50 bits per heavy atom. The van der Waals surface area contributed by atoms with Crippen LogP contribution >= 0.6 is 23.1 Å². The standard InChI is InChI=1S/C28H34N4O6S2/c1-18-30-31-28(40-18)39-17-23-15-24(20-12-10-19(16-33)11-13-20)38-27(37-23)21-6-5-7-22(14-21)29-25(34)8-3-2-4-9-26(35)32-36/h5-7,10-14,23-24,27,33,36H,2-4,8-9,15-17H2,1H3,(H,29,34)(H,32,35)/t23-,24+,27+/m1/s1. The molecule has 1 saturated heterocycles. The Hall–Kier alpha value is -2.87. The molecule has 0 spiro atoms. The van der Waals surface area contributed by atoms with E-state index < -0.39 is 12.2 Å². The van der Waals surface area contributed by atoms with Crippen LogP contribution in [0.15, 0.2) is 52.9 Å². The highest BCUT2D eigenvalue weighted by Gasteiger charge is 2.32. The average molecular weight is 587 g/mol. The summed E-state index contributed by atoms with van der Waals surface area (Å²) in [5.74, 6) is 0.155.